The molecular formula is C15H16. The third kappa shape index (κ3) is 1.45. The van der Waals surface area contributed by atoms with Gasteiger partial charge in [-0.15, -0.1) is 0 Å². The van der Waals surface area contributed by atoms with E-state index in [1.54, 1.807) is 11.1 Å². The molecule has 0 spiro atoms. The number of hydrogen-bond donors (Lipinski definition) is 0. The third-order valence-corrected chi connectivity index (χ3v) is 3.57. The van der Waals surface area contributed by atoms with Crippen LogP contribution in [-0.2, 0) is 12.8 Å². The first-order valence-electron chi connectivity index (χ1n) is 5.84. The first kappa shape index (κ1) is 8.96. The number of rotatable bonds is 0. The molecule has 76 valence electrons. The molecular weight excluding hydrogens is 180 g/mol. The van der Waals surface area contributed by atoms with Gasteiger partial charge in [0.15, 0.2) is 0 Å². The van der Waals surface area contributed by atoms with Gasteiger partial charge in [-0.25, -0.2) is 0 Å². The second-order valence-corrected chi connectivity index (χ2v) is 4.78. The van der Waals surface area contributed by atoms with Crippen LogP contribution in [0.2, 0.25) is 0 Å². The van der Waals surface area contributed by atoms with Crippen molar-refractivity contribution in [1.82, 2.24) is 0 Å². The van der Waals surface area contributed by atoms with E-state index in [0.717, 1.165) is 5.92 Å². The lowest BCUT2D eigenvalue weighted by molar-refractivity contribution is 0.504. The molecule has 0 saturated heterocycles. The average molecular weight is 196 g/mol. The molecule has 1 atom stereocenters. The van der Waals surface area contributed by atoms with E-state index in [4.69, 9.17) is 0 Å². The van der Waals surface area contributed by atoms with E-state index in [1.807, 2.05) is 0 Å². The van der Waals surface area contributed by atoms with Crippen molar-refractivity contribution in [3.8, 4) is 11.1 Å². The van der Waals surface area contributed by atoms with Crippen LogP contribution in [0.1, 0.15) is 24.5 Å². The van der Waals surface area contributed by atoms with Crippen LogP contribution in [0.5, 0.6) is 0 Å². The van der Waals surface area contributed by atoms with Crippen molar-refractivity contribution >= 4 is 0 Å². The SMILES string of the molecule is CC1CCc2cc3cccccc-3c2C1. The van der Waals surface area contributed by atoms with Crippen LogP contribution < -0.4 is 0 Å². The van der Waals surface area contributed by atoms with Crippen LogP contribution in [0.25, 0.3) is 11.1 Å². The molecule has 0 aromatic heterocycles. The van der Waals surface area contributed by atoms with E-state index in [9.17, 15) is 0 Å². The minimum Gasteiger partial charge on any atom is -0.0622 e. The molecule has 0 amide bonds. The lowest BCUT2D eigenvalue weighted by Gasteiger charge is -2.19. The summed E-state index contributed by atoms with van der Waals surface area (Å²) < 4.78 is 0. The standard InChI is InChI=1S/C15H16/c1-11-7-8-13-10-12-5-3-2-4-6-14(12)15(13)9-11/h2-6,10-11H,7-9H2,1H3. The Bertz CT molecular complexity index is 456. The van der Waals surface area contributed by atoms with Gasteiger partial charge in [0.25, 0.3) is 0 Å². The zero-order valence-corrected chi connectivity index (χ0v) is 9.16. The summed E-state index contributed by atoms with van der Waals surface area (Å²) in [6.45, 7) is 2.37. The van der Waals surface area contributed by atoms with Crippen LogP contribution in [0, 0.1) is 5.92 Å². The van der Waals surface area contributed by atoms with Crippen molar-refractivity contribution in [3.63, 3.8) is 0 Å². The molecule has 0 aromatic rings. The Morgan fingerprint density at radius 1 is 1.13 bits per heavy atom. The Morgan fingerprint density at radius 3 is 2.93 bits per heavy atom. The fraction of sp³-hybridized carbons (Fsp3) is 0.333. The van der Waals surface area contributed by atoms with Crippen molar-refractivity contribution in [2.75, 3.05) is 0 Å². The number of hydrogen-bond acceptors (Lipinski definition) is 0. The highest BCUT2D eigenvalue weighted by atomic mass is 14.3. The maximum Gasteiger partial charge on any atom is -0.0149 e. The molecule has 0 nitrogen and oxygen atoms in total. The monoisotopic (exact) mass is 196 g/mol. The maximum atomic E-state index is 2.39. The van der Waals surface area contributed by atoms with Crippen molar-refractivity contribution in [1.29, 1.82) is 0 Å². The molecule has 0 heteroatoms. The number of aryl methyl sites for hydroxylation is 1. The van der Waals surface area contributed by atoms with Crippen molar-refractivity contribution in [3.05, 3.63) is 47.5 Å². The Hall–Kier alpha value is -1.30. The molecule has 3 aliphatic rings. The van der Waals surface area contributed by atoms with Crippen molar-refractivity contribution in [2.45, 2.75) is 26.2 Å². The fourth-order valence-electron chi connectivity index (χ4n) is 2.73. The van der Waals surface area contributed by atoms with Crippen molar-refractivity contribution < 1.29 is 0 Å². The summed E-state index contributed by atoms with van der Waals surface area (Å²) in [5.41, 5.74) is 6.09. The van der Waals surface area contributed by atoms with E-state index < -0.39 is 0 Å². The van der Waals surface area contributed by atoms with Crippen LogP contribution >= 0.6 is 0 Å². The lowest BCUT2D eigenvalue weighted by Crippen LogP contribution is -2.09. The van der Waals surface area contributed by atoms with E-state index in [2.05, 4.69) is 43.3 Å². The summed E-state index contributed by atoms with van der Waals surface area (Å²) >= 11 is 0. The van der Waals surface area contributed by atoms with Gasteiger partial charge in [0, 0.05) is 0 Å². The summed E-state index contributed by atoms with van der Waals surface area (Å²) in [6.07, 6.45) is 3.90. The average Bonchev–Trinajstić information content (AvgIpc) is 2.44. The molecule has 0 radical (unpaired) electrons. The van der Waals surface area contributed by atoms with Crippen LogP contribution in [0.15, 0.2) is 36.4 Å². The van der Waals surface area contributed by atoms with Gasteiger partial charge >= 0.3 is 0 Å². The van der Waals surface area contributed by atoms with Gasteiger partial charge in [-0.2, -0.15) is 0 Å². The van der Waals surface area contributed by atoms with Gasteiger partial charge in [-0.05, 0) is 47.4 Å². The Labute approximate surface area is 91.3 Å². The molecule has 0 aromatic carbocycles. The molecule has 0 aliphatic heterocycles. The summed E-state index contributed by atoms with van der Waals surface area (Å²) in [7, 11) is 0. The van der Waals surface area contributed by atoms with E-state index >= 15 is 0 Å². The van der Waals surface area contributed by atoms with Gasteiger partial charge in [0.2, 0.25) is 0 Å². The van der Waals surface area contributed by atoms with Gasteiger partial charge in [0.1, 0.15) is 0 Å². The fourth-order valence-corrected chi connectivity index (χ4v) is 2.73. The van der Waals surface area contributed by atoms with E-state index in [1.165, 1.54) is 30.4 Å². The minimum absolute atomic E-state index is 0.855. The Balaban J connectivity index is 2.20. The van der Waals surface area contributed by atoms with Gasteiger partial charge in [0.05, 0.1) is 0 Å². The number of fused-ring (bicyclic) bond motifs is 3. The van der Waals surface area contributed by atoms with E-state index in [-0.39, 0.29) is 0 Å². The molecule has 0 saturated carbocycles. The van der Waals surface area contributed by atoms with Gasteiger partial charge in [-0.1, -0.05) is 43.3 Å². The van der Waals surface area contributed by atoms with Gasteiger partial charge < -0.3 is 0 Å². The molecule has 3 aliphatic carbocycles. The molecule has 0 bridgehead atoms. The van der Waals surface area contributed by atoms with Gasteiger partial charge in [-0.3, -0.25) is 0 Å². The smallest absolute Gasteiger partial charge is 0.0149 e. The molecule has 15 heavy (non-hydrogen) atoms. The van der Waals surface area contributed by atoms with Crippen LogP contribution in [0.4, 0.5) is 0 Å². The predicted molar refractivity (Wildman–Crippen MR) is 64.3 cm³/mol. The zero-order valence-electron chi connectivity index (χ0n) is 9.16. The Morgan fingerprint density at radius 2 is 2.00 bits per heavy atom. The zero-order chi connectivity index (χ0) is 10.3. The summed E-state index contributed by atoms with van der Waals surface area (Å²) in [5.74, 6) is 0.855. The highest BCUT2D eigenvalue weighted by molar-refractivity contribution is 5.73. The normalized spacial score (nSPS) is 20.2. The quantitative estimate of drug-likeness (QED) is 0.599. The lowest BCUT2D eigenvalue weighted by atomic mass is 9.86. The largest absolute Gasteiger partial charge is 0.0622 e. The molecule has 0 heterocycles. The predicted octanol–water partition coefficient (Wildman–Crippen LogP) is 3.92. The van der Waals surface area contributed by atoms with E-state index in [0.29, 0.717) is 0 Å². The maximum absolute atomic E-state index is 2.39. The summed E-state index contributed by atoms with van der Waals surface area (Å²) in [6, 6.07) is 13.3. The molecule has 0 N–H and O–H groups in total. The first-order chi connectivity index (χ1) is 7.34. The summed E-state index contributed by atoms with van der Waals surface area (Å²) in [4.78, 5) is 0. The third-order valence-electron chi connectivity index (χ3n) is 3.57. The highest BCUT2D eigenvalue weighted by Crippen LogP contribution is 2.37. The van der Waals surface area contributed by atoms with Crippen LogP contribution in [0.3, 0.4) is 0 Å². The molecule has 0 fully saturated rings. The molecule has 1 unspecified atom stereocenters. The first-order valence-corrected chi connectivity index (χ1v) is 5.84. The second kappa shape index (κ2) is 3.37. The molecule has 3 rings (SSSR count). The highest BCUT2D eigenvalue weighted by Gasteiger charge is 2.21. The topological polar surface area (TPSA) is 0 Å². The summed E-state index contributed by atoms with van der Waals surface area (Å²) in [5, 5.41) is 0. The second-order valence-electron chi connectivity index (χ2n) is 4.78. The van der Waals surface area contributed by atoms with Crippen molar-refractivity contribution in [2.24, 2.45) is 5.92 Å². The van der Waals surface area contributed by atoms with Crippen LogP contribution in [-0.4, -0.2) is 0 Å². The minimum atomic E-state index is 0.855. The Kier molecular flexibility index (Phi) is 2.02.